The molecule has 2 aromatic carbocycles. The van der Waals surface area contributed by atoms with Crippen LogP contribution in [-0.4, -0.2) is 36.6 Å². The molecule has 1 aliphatic heterocycles. The first-order valence-corrected chi connectivity index (χ1v) is 9.40. The molecule has 0 saturated carbocycles. The second-order valence-corrected chi connectivity index (χ2v) is 6.67. The molecule has 1 aliphatic rings. The normalized spacial score (nSPS) is 12.8. The van der Waals surface area contributed by atoms with Crippen LogP contribution in [0.25, 0.3) is 0 Å². The fourth-order valence-electron chi connectivity index (χ4n) is 3.47. The summed E-state index contributed by atoms with van der Waals surface area (Å²) < 4.78 is 10.6. The number of hydrogen-bond acceptors (Lipinski definition) is 6. The lowest BCUT2D eigenvalue weighted by Crippen LogP contribution is -2.36. The summed E-state index contributed by atoms with van der Waals surface area (Å²) in [5.41, 5.74) is 3.19. The zero-order chi connectivity index (χ0) is 20.2. The summed E-state index contributed by atoms with van der Waals surface area (Å²) in [7, 11) is 3.19. The van der Waals surface area contributed by atoms with Crippen LogP contribution in [0.1, 0.15) is 22.5 Å². The molecule has 1 N–H and O–H groups in total. The van der Waals surface area contributed by atoms with Crippen LogP contribution in [0, 0.1) is 0 Å². The van der Waals surface area contributed by atoms with Gasteiger partial charge in [-0.1, -0.05) is 18.2 Å². The number of aryl methyl sites for hydroxylation is 1. The Balaban J connectivity index is 1.59. The van der Waals surface area contributed by atoms with E-state index in [0.29, 0.717) is 35.2 Å². The maximum Gasteiger partial charge on any atom is 0.277 e. The van der Waals surface area contributed by atoms with Crippen molar-refractivity contribution in [2.24, 2.45) is 0 Å². The molecule has 0 saturated heterocycles. The Labute approximate surface area is 169 Å². The highest BCUT2D eigenvalue weighted by atomic mass is 16.5. The van der Waals surface area contributed by atoms with Crippen molar-refractivity contribution >= 4 is 23.1 Å². The average molecular weight is 390 g/mol. The molecule has 1 amide bonds. The number of hydrogen-bond donors (Lipinski definition) is 1. The van der Waals surface area contributed by atoms with Crippen LogP contribution in [0.5, 0.6) is 11.5 Å². The number of anilines is 3. The van der Waals surface area contributed by atoms with Crippen molar-refractivity contribution in [1.29, 1.82) is 0 Å². The minimum Gasteiger partial charge on any atom is -0.497 e. The molecule has 148 valence electrons. The molecule has 0 spiro atoms. The summed E-state index contributed by atoms with van der Waals surface area (Å²) in [6.45, 7) is 0.676. The molecule has 0 bridgehead atoms. The second kappa shape index (κ2) is 8.18. The van der Waals surface area contributed by atoms with Gasteiger partial charge in [0.25, 0.3) is 5.91 Å². The Kier molecular flexibility index (Phi) is 5.29. The molecule has 3 aromatic rings. The molecular formula is C22H22N4O3. The maximum absolute atomic E-state index is 13.1. The first-order chi connectivity index (χ1) is 14.2. The summed E-state index contributed by atoms with van der Waals surface area (Å²) in [5.74, 6) is 1.68. The van der Waals surface area contributed by atoms with Crippen molar-refractivity contribution in [1.82, 2.24) is 9.97 Å². The third kappa shape index (κ3) is 3.85. The number of benzene rings is 2. The van der Waals surface area contributed by atoms with Gasteiger partial charge < -0.3 is 19.7 Å². The first-order valence-electron chi connectivity index (χ1n) is 9.40. The first kappa shape index (κ1) is 18.7. The van der Waals surface area contributed by atoms with Crippen LogP contribution < -0.4 is 19.7 Å². The van der Waals surface area contributed by atoms with E-state index in [9.17, 15) is 4.79 Å². The van der Waals surface area contributed by atoms with Crippen LogP contribution in [0.2, 0.25) is 0 Å². The monoisotopic (exact) mass is 390 g/mol. The smallest absolute Gasteiger partial charge is 0.277 e. The van der Waals surface area contributed by atoms with Gasteiger partial charge in [-0.3, -0.25) is 4.79 Å². The van der Waals surface area contributed by atoms with Gasteiger partial charge in [0.05, 0.1) is 19.9 Å². The number of fused-ring (bicyclic) bond motifs is 1. The zero-order valence-corrected chi connectivity index (χ0v) is 16.4. The number of carbonyl (C=O) groups excluding carboxylic acids is 1. The molecule has 0 radical (unpaired) electrons. The molecule has 29 heavy (non-hydrogen) atoms. The number of methoxy groups -OCH3 is 2. The molecule has 0 atom stereocenters. The van der Waals surface area contributed by atoms with Gasteiger partial charge in [0.15, 0.2) is 0 Å². The van der Waals surface area contributed by atoms with Crippen molar-refractivity contribution in [3.63, 3.8) is 0 Å². The maximum atomic E-state index is 13.1. The topological polar surface area (TPSA) is 76.6 Å². The molecule has 0 aliphatic carbocycles. The predicted molar refractivity (Wildman–Crippen MR) is 111 cm³/mol. The Bertz CT molecular complexity index is 1040. The van der Waals surface area contributed by atoms with Crippen LogP contribution in [-0.2, 0) is 6.42 Å². The molecule has 0 unspecified atom stereocenters. The molecule has 0 fully saturated rings. The minimum atomic E-state index is -0.135. The number of ether oxygens (including phenoxy) is 2. The standard InChI is InChI=1S/C22H22N4O3/c1-28-16-9-10-17(20(12-16)29-2)25-21-13-18(23-14-24-21)22(27)26-11-5-7-15-6-3-4-8-19(15)26/h3-4,6,8-10,12-14H,5,7,11H2,1-2H3,(H,23,24,25). The number of rotatable bonds is 5. The molecule has 2 heterocycles. The highest BCUT2D eigenvalue weighted by Gasteiger charge is 2.24. The summed E-state index contributed by atoms with van der Waals surface area (Å²) in [5, 5.41) is 3.19. The number of nitrogens with one attached hydrogen (secondary N) is 1. The van der Waals surface area contributed by atoms with Crippen LogP contribution in [0.3, 0.4) is 0 Å². The van der Waals surface area contributed by atoms with Gasteiger partial charge in [-0.25, -0.2) is 9.97 Å². The third-order valence-electron chi connectivity index (χ3n) is 4.91. The largest absolute Gasteiger partial charge is 0.497 e. The molecule has 1 aromatic heterocycles. The number of nitrogens with zero attached hydrogens (tertiary/aromatic N) is 3. The number of carbonyl (C=O) groups is 1. The number of amides is 1. The zero-order valence-electron chi connectivity index (χ0n) is 16.4. The van der Waals surface area contributed by atoms with E-state index in [2.05, 4.69) is 21.4 Å². The Morgan fingerprint density at radius 3 is 2.76 bits per heavy atom. The van der Waals surface area contributed by atoms with Crippen LogP contribution in [0.15, 0.2) is 54.9 Å². The molecular weight excluding hydrogens is 368 g/mol. The molecule has 4 rings (SSSR count). The summed E-state index contributed by atoms with van der Waals surface area (Å²) in [6.07, 6.45) is 3.30. The van der Waals surface area contributed by atoms with Gasteiger partial charge >= 0.3 is 0 Å². The van der Waals surface area contributed by atoms with Crippen molar-refractivity contribution in [2.75, 3.05) is 31.0 Å². The lowest BCUT2D eigenvalue weighted by atomic mass is 10.0. The van der Waals surface area contributed by atoms with Crippen molar-refractivity contribution in [3.05, 3.63) is 66.1 Å². The van der Waals surface area contributed by atoms with Gasteiger partial charge in [-0.15, -0.1) is 0 Å². The fraction of sp³-hybridized carbons (Fsp3) is 0.227. The number of para-hydroxylation sites is 1. The average Bonchev–Trinajstić information content (AvgIpc) is 2.78. The van der Waals surface area contributed by atoms with E-state index in [1.165, 1.54) is 11.9 Å². The lowest BCUT2D eigenvalue weighted by molar-refractivity contribution is 0.0980. The lowest BCUT2D eigenvalue weighted by Gasteiger charge is -2.29. The Morgan fingerprint density at radius 1 is 1.07 bits per heavy atom. The quantitative estimate of drug-likeness (QED) is 0.714. The highest BCUT2D eigenvalue weighted by Crippen LogP contribution is 2.31. The van der Waals surface area contributed by atoms with Gasteiger partial charge in [0, 0.05) is 24.4 Å². The van der Waals surface area contributed by atoms with Crippen molar-refractivity contribution in [2.45, 2.75) is 12.8 Å². The van der Waals surface area contributed by atoms with Crippen molar-refractivity contribution in [3.8, 4) is 11.5 Å². The Morgan fingerprint density at radius 2 is 1.93 bits per heavy atom. The van der Waals surface area contributed by atoms with Crippen LogP contribution in [0.4, 0.5) is 17.2 Å². The van der Waals surface area contributed by atoms with Crippen molar-refractivity contribution < 1.29 is 14.3 Å². The summed E-state index contributed by atoms with van der Waals surface area (Å²) in [4.78, 5) is 23.4. The van der Waals surface area contributed by atoms with Gasteiger partial charge in [0.2, 0.25) is 0 Å². The van der Waals surface area contributed by atoms with E-state index >= 15 is 0 Å². The molecule has 7 nitrogen and oxygen atoms in total. The SMILES string of the molecule is COc1ccc(Nc2cc(C(=O)N3CCCc4ccccc43)ncn2)c(OC)c1. The van der Waals surface area contributed by atoms with E-state index in [1.807, 2.05) is 30.3 Å². The predicted octanol–water partition coefficient (Wildman–Crippen LogP) is 3.83. The van der Waals surface area contributed by atoms with Gasteiger partial charge in [-0.2, -0.15) is 0 Å². The van der Waals surface area contributed by atoms with Crippen LogP contribution >= 0.6 is 0 Å². The van der Waals surface area contributed by atoms with Gasteiger partial charge in [-0.05, 0) is 36.6 Å². The van der Waals surface area contributed by atoms with E-state index < -0.39 is 0 Å². The number of aromatic nitrogens is 2. The fourth-order valence-corrected chi connectivity index (χ4v) is 3.47. The van der Waals surface area contributed by atoms with E-state index in [0.717, 1.165) is 18.5 Å². The second-order valence-electron chi connectivity index (χ2n) is 6.67. The Hall–Kier alpha value is -3.61. The van der Waals surface area contributed by atoms with Gasteiger partial charge in [0.1, 0.15) is 29.3 Å². The molecule has 7 heteroatoms. The van der Waals surface area contributed by atoms with E-state index in [-0.39, 0.29) is 5.91 Å². The highest BCUT2D eigenvalue weighted by molar-refractivity contribution is 6.05. The van der Waals surface area contributed by atoms with E-state index in [4.69, 9.17) is 9.47 Å². The summed E-state index contributed by atoms with van der Waals surface area (Å²) >= 11 is 0. The third-order valence-corrected chi connectivity index (χ3v) is 4.91. The summed E-state index contributed by atoms with van der Waals surface area (Å²) in [6, 6.07) is 15.1. The van der Waals surface area contributed by atoms with E-state index in [1.54, 1.807) is 31.3 Å². The minimum absolute atomic E-state index is 0.135.